The summed E-state index contributed by atoms with van der Waals surface area (Å²) < 4.78 is 20.1. The van der Waals surface area contributed by atoms with Gasteiger partial charge in [-0.2, -0.15) is 0 Å². The number of hydrogen-bond donors (Lipinski definition) is 0. The molecule has 0 bridgehead atoms. The van der Waals surface area contributed by atoms with E-state index in [-0.39, 0.29) is 18.1 Å². The minimum absolute atomic E-state index is 0.104. The topological polar surface area (TPSA) is 72.7 Å². The summed E-state index contributed by atoms with van der Waals surface area (Å²) >= 11 is 10.0. The van der Waals surface area contributed by atoms with Gasteiger partial charge in [-0.15, -0.1) is 0 Å². The Labute approximate surface area is 213 Å². The number of rotatable bonds is 5. The van der Waals surface area contributed by atoms with Crippen molar-refractivity contribution in [3.8, 4) is 5.75 Å². The van der Waals surface area contributed by atoms with Gasteiger partial charge in [0.25, 0.3) is 11.6 Å². The molecule has 0 saturated heterocycles. The molecule has 0 aliphatic carbocycles. The molecule has 1 heterocycles. The largest absolute Gasteiger partial charge is 0.497 e. The predicted molar refractivity (Wildman–Crippen MR) is 134 cm³/mol. The van der Waals surface area contributed by atoms with Crippen molar-refractivity contribution in [3.63, 3.8) is 0 Å². The molecular weight excluding hydrogens is 539 g/mol. The van der Waals surface area contributed by atoms with Crippen molar-refractivity contribution < 1.29 is 18.8 Å². The van der Waals surface area contributed by atoms with Gasteiger partial charge in [0.1, 0.15) is 11.6 Å². The van der Waals surface area contributed by atoms with E-state index in [0.29, 0.717) is 42.7 Å². The average molecular weight is 556 g/mol. The van der Waals surface area contributed by atoms with Crippen LogP contribution in [0, 0.1) is 15.9 Å². The Morgan fingerprint density at radius 1 is 1.11 bits per heavy atom. The Morgan fingerprint density at radius 2 is 1.86 bits per heavy atom. The second kappa shape index (κ2) is 8.94. The minimum atomic E-state index is -0.708. The van der Waals surface area contributed by atoms with Crippen LogP contribution in [0.2, 0.25) is 5.02 Å². The fourth-order valence-corrected chi connectivity index (χ4v) is 5.47. The molecule has 0 N–H and O–H groups in total. The van der Waals surface area contributed by atoms with Crippen molar-refractivity contribution >= 4 is 49.9 Å². The Hall–Kier alpha value is -3.49. The van der Waals surface area contributed by atoms with Crippen molar-refractivity contribution in [2.45, 2.75) is 12.6 Å². The number of amides is 1. The van der Waals surface area contributed by atoms with Gasteiger partial charge in [0.2, 0.25) is 0 Å². The number of carbonyl (C=O) groups is 1. The summed E-state index contributed by atoms with van der Waals surface area (Å²) in [6.45, 7) is 0.206. The Morgan fingerprint density at radius 3 is 2.54 bits per heavy atom. The zero-order valence-electron chi connectivity index (χ0n) is 18.3. The summed E-state index contributed by atoms with van der Waals surface area (Å²) in [5.74, 6) is -0.134. The van der Waals surface area contributed by atoms with Crippen LogP contribution >= 0.6 is 27.5 Å². The smallest absolute Gasteiger partial charge is 0.277 e. The molecule has 0 saturated carbocycles. The first-order valence-corrected chi connectivity index (χ1v) is 11.8. The van der Waals surface area contributed by atoms with Crippen LogP contribution in [-0.2, 0) is 6.54 Å². The highest BCUT2D eigenvalue weighted by Crippen LogP contribution is 2.48. The quantitative estimate of drug-likeness (QED) is 0.195. The van der Waals surface area contributed by atoms with Crippen LogP contribution in [0.15, 0.2) is 71.2 Å². The lowest BCUT2D eigenvalue weighted by Crippen LogP contribution is -2.28. The molecule has 0 aromatic heterocycles. The molecule has 5 rings (SSSR count). The number of fused-ring (bicyclic) bond motifs is 3. The number of halogens is 3. The first-order chi connectivity index (χ1) is 16.8. The number of non-ortho nitro benzene ring substituents is 1. The van der Waals surface area contributed by atoms with Crippen LogP contribution in [0.3, 0.4) is 0 Å². The third-order valence-corrected chi connectivity index (χ3v) is 7.17. The second-order valence-electron chi connectivity index (χ2n) is 8.13. The van der Waals surface area contributed by atoms with Gasteiger partial charge in [-0.25, -0.2) is 4.39 Å². The van der Waals surface area contributed by atoms with Crippen LogP contribution < -0.4 is 4.74 Å². The summed E-state index contributed by atoms with van der Waals surface area (Å²) in [6, 6.07) is 16.9. The summed E-state index contributed by atoms with van der Waals surface area (Å²) in [7, 11) is 1.57. The van der Waals surface area contributed by atoms with Crippen molar-refractivity contribution in [1.82, 2.24) is 4.90 Å². The van der Waals surface area contributed by atoms with Gasteiger partial charge in [-0.1, -0.05) is 51.8 Å². The molecule has 1 aliphatic heterocycles. The number of ether oxygens (including phenoxy) is 1. The number of hydrogen-bond acceptors (Lipinski definition) is 4. The molecule has 4 aromatic rings. The SMILES string of the molecule is COc1ccc(CN2C(=O)c3c(c(Br)cc4c([N+](=O)[O-])cccc34)C2c2cc(F)ccc2Cl)cc1. The molecule has 1 unspecified atom stereocenters. The number of nitrogens with zero attached hydrogens (tertiary/aromatic N) is 2. The van der Waals surface area contributed by atoms with Gasteiger partial charge in [0.05, 0.1) is 29.0 Å². The highest BCUT2D eigenvalue weighted by atomic mass is 79.9. The molecular formula is C26H17BrClFN2O4. The zero-order chi connectivity index (χ0) is 24.9. The number of methoxy groups -OCH3 is 1. The Balaban J connectivity index is 1.75. The lowest BCUT2D eigenvalue weighted by atomic mass is 9.93. The van der Waals surface area contributed by atoms with Crippen LogP contribution in [-0.4, -0.2) is 22.8 Å². The first-order valence-electron chi connectivity index (χ1n) is 10.6. The molecule has 6 nitrogen and oxygen atoms in total. The van der Waals surface area contributed by atoms with Crippen LogP contribution in [0.5, 0.6) is 5.75 Å². The summed E-state index contributed by atoms with van der Waals surface area (Å²) in [5, 5.41) is 12.8. The standard InChI is InChI=1S/C26H17BrClFN2O4/c1-35-16-8-5-14(6-9-16)13-30-25(19-11-15(29)7-10-21(19)28)24-20(27)12-18-17(23(24)26(30)32)3-2-4-22(18)31(33)34/h2-12,25H,13H2,1H3. The fourth-order valence-electron chi connectivity index (χ4n) is 4.60. The van der Waals surface area contributed by atoms with E-state index in [0.717, 1.165) is 5.56 Å². The molecule has 0 spiro atoms. The van der Waals surface area contributed by atoms with Crippen LogP contribution in [0.1, 0.15) is 33.1 Å². The lowest BCUT2D eigenvalue weighted by molar-refractivity contribution is -0.383. The first kappa shape index (κ1) is 23.3. The number of benzene rings is 4. The van der Waals surface area contributed by atoms with E-state index >= 15 is 0 Å². The Kier molecular flexibility index (Phi) is 5.94. The predicted octanol–water partition coefficient (Wildman–Crippen LogP) is 7.06. The maximum absolute atomic E-state index is 14.3. The maximum atomic E-state index is 14.3. The van der Waals surface area contributed by atoms with Gasteiger partial charge in [-0.05, 0) is 42.0 Å². The average Bonchev–Trinajstić information content (AvgIpc) is 3.13. The van der Waals surface area contributed by atoms with E-state index in [1.165, 1.54) is 24.3 Å². The van der Waals surface area contributed by atoms with Gasteiger partial charge in [-0.3, -0.25) is 14.9 Å². The molecule has 4 aromatic carbocycles. The molecule has 0 radical (unpaired) electrons. The molecule has 0 fully saturated rings. The molecule has 1 aliphatic rings. The van der Waals surface area contributed by atoms with E-state index in [4.69, 9.17) is 16.3 Å². The van der Waals surface area contributed by atoms with E-state index in [1.54, 1.807) is 42.3 Å². The molecule has 1 atom stereocenters. The van der Waals surface area contributed by atoms with Crippen LogP contribution in [0.25, 0.3) is 10.8 Å². The molecule has 9 heteroatoms. The number of nitro benzene ring substituents is 1. The van der Waals surface area contributed by atoms with E-state index in [2.05, 4.69) is 15.9 Å². The lowest BCUT2D eigenvalue weighted by Gasteiger charge is -2.27. The highest BCUT2D eigenvalue weighted by molar-refractivity contribution is 9.10. The van der Waals surface area contributed by atoms with Gasteiger partial charge in [0.15, 0.2) is 0 Å². The van der Waals surface area contributed by atoms with Gasteiger partial charge < -0.3 is 9.64 Å². The van der Waals surface area contributed by atoms with Gasteiger partial charge in [0, 0.05) is 38.6 Å². The normalized spacial score (nSPS) is 14.9. The van der Waals surface area contributed by atoms with E-state index in [1.807, 2.05) is 12.1 Å². The molecule has 1 amide bonds. The number of carbonyl (C=O) groups excluding carboxylic acids is 1. The summed E-state index contributed by atoms with van der Waals surface area (Å²) in [5.41, 5.74) is 2.07. The fraction of sp³-hybridized carbons (Fsp3) is 0.115. The highest BCUT2D eigenvalue weighted by Gasteiger charge is 2.42. The number of nitro groups is 1. The van der Waals surface area contributed by atoms with Crippen LogP contribution in [0.4, 0.5) is 10.1 Å². The van der Waals surface area contributed by atoms with Crippen molar-refractivity contribution in [2.75, 3.05) is 7.11 Å². The van der Waals surface area contributed by atoms with Crippen molar-refractivity contribution in [3.05, 3.63) is 114 Å². The monoisotopic (exact) mass is 554 g/mol. The van der Waals surface area contributed by atoms with E-state index in [9.17, 15) is 19.3 Å². The van der Waals surface area contributed by atoms with Crippen molar-refractivity contribution in [2.24, 2.45) is 0 Å². The van der Waals surface area contributed by atoms with E-state index < -0.39 is 16.8 Å². The summed E-state index contributed by atoms with van der Waals surface area (Å²) in [6.07, 6.45) is 0. The van der Waals surface area contributed by atoms with Gasteiger partial charge >= 0.3 is 0 Å². The minimum Gasteiger partial charge on any atom is -0.497 e. The van der Waals surface area contributed by atoms with Crippen molar-refractivity contribution in [1.29, 1.82) is 0 Å². The zero-order valence-corrected chi connectivity index (χ0v) is 20.6. The molecule has 35 heavy (non-hydrogen) atoms. The third kappa shape index (κ3) is 3.92. The molecule has 176 valence electrons. The third-order valence-electron chi connectivity index (χ3n) is 6.17. The Bertz CT molecular complexity index is 1510. The summed E-state index contributed by atoms with van der Waals surface area (Å²) in [4.78, 5) is 26.7. The maximum Gasteiger partial charge on any atom is 0.277 e. The second-order valence-corrected chi connectivity index (χ2v) is 9.39.